The van der Waals surface area contributed by atoms with Crippen LogP contribution in [0.3, 0.4) is 0 Å². The van der Waals surface area contributed by atoms with E-state index in [-0.39, 0.29) is 11.9 Å². The summed E-state index contributed by atoms with van der Waals surface area (Å²) in [5.74, 6) is 1.19. The number of esters is 1. The predicted octanol–water partition coefficient (Wildman–Crippen LogP) is 4.38. The van der Waals surface area contributed by atoms with Crippen molar-refractivity contribution in [2.75, 3.05) is 26.8 Å². The van der Waals surface area contributed by atoms with E-state index in [9.17, 15) is 9.59 Å². The highest BCUT2D eigenvalue weighted by Crippen LogP contribution is 2.37. The maximum atomic E-state index is 12.7. The van der Waals surface area contributed by atoms with Gasteiger partial charge in [0, 0.05) is 24.9 Å². The molecule has 0 radical (unpaired) electrons. The zero-order valence-electron chi connectivity index (χ0n) is 17.3. The lowest BCUT2D eigenvalue weighted by atomic mass is 10.1. The molecule has 2 heterocycles. The fourth-order valence-electron chi connectivity index (χ4n) is 2.95. The number of carbonyl (C=O) groups excluding carboxylic acids is 2. The summed E-state index contributed by atoms with van der Waals surface area (Å²) >= 11 is 1.44. The lowest BCUT2D eigenvalue weighted by molar-refractivity contribution is -0.154. The quantitative estimate of drug-likeness (QED) is 0.653. The Bertz CT molecular complexity index is 884. The summed E-state index contributed by atoms with van der Waals surface area (Å²) in [7, 11) is 1.75. The molecular weight excluding hydrogens is 390 g/mol. The van der Waals surface area contributed by atoms with Crippen LogP contribution in [0.25, 0.3) is 10.4 Å². The SMILES string of the molecule is CN(CCCC(=O)OC(C)(C)C)C(=O)c1ccc(-c2ccc3c(c2)OCCO3)s1. The normalized spacial score (nSPS) is 13.1. The number of nitrogens with zero attached hydrogens (tertiary/aromatic N) is 1. The lowest BCUT2D eigenvalue weighted by Crippen LogP contribution is -2.28. The van der Waals surface area contributed by atoms with Crippen molar-refractivity contribution in [2.24, 2.45) is 0 Å². The first kappa shape index (κ1) is 21.2. The molecule has 156 valence electrons. The van der Waals surface area contributed by atoms with Crippen LogP contribution in [0.2, 0.25) is 0 Å². The molecule has 0 fully saturated rings. The van der Waals surface area contributed by atoms with Gasteiger partial charge in [0.05, 0.1) is 4.88 Å². The van der Waals surface area contributed by atoms with E-state index in [1.54, 1.807) is 11.9 Å². The van der Waals surface area contributed by atoms with Gasteiger partial charge in [0.1, 0.15) is 18.8 Å². The summed E-state index contributed by atoms with van der Waals surface area (Å²) in [5, 5.41) is 0. The highest BCUT2D eigenvalue weighted by molar-refractivity contribution is 7.17. The third kappa shape index (κ3) is 5.73. The Morgan fingerprint density at radius 2 is 1.83 bits per heavy atom. The Labute approximate surface area is 175 Å². The average Bonchev–Trinajstić information content (AvgIpc) is 3.15. The molecule has 0 N–H and O–H groups in total. The summed E-state index contributed by atoms with van der Waals surface area (Å²) in [6, 6.07) is 9.59. The minimum atomic E-state index is -0.486. The van der Waals surface area contributed by atoms with Crippen LogP contribution < -0.4 is 9.47 Å². The van der Waals surface area contributed by atoms with Crippen LogP contribution in [-0.2, 0) is 9.53 Å². The number of fused-ring (bicyclic) bond motifs is 1. The van der Waals surface area contributed by atoms with Gasteiger partial charge in [-0.1, -0.05) is 0 Å². The molecule has 1 aliphatic heterocycles. The maximum Gasteiger partial charge on any atom is 0.306 e. The zero-order chi connectivity index (χ0) is 21.0. The molecule has 3 rings (SSSR count). The Kier molecular flexibility index (Phi) is 6.47. The standard InChI is InChI=1S/C22H27NO5S/c1-22(2,3)28-20(24)6-5-11-23(4)21(25)19-10-9-18(29-19)15-7-8-16-17(14-15)27-13-12-26-16/h7-10,14H,5-6,11-13H2,1-4H3. The van der Waals surface area contributed by atoms with Crippen LogP contribution in [0.5, 0.6) is 11.5 Å². The third-order valence-corrected chi connectivity index (χ3v) is 5.41. The van der Waals surface area contributed by atoms with Gasteiger partial charge in [0.25, 0.3) is 5.91 Å². The van der Waals surface area contributed by atoms with Crippen molar-refractivity contribution < 1.29 is 23.8 Å². The van der Waals surface area contributed by atoms with Crippen LogP contribution in [0, 0.1) is 0 Å². The van der Waals surface area contributed by atoms with Crippen molar-refractivity contribution in [3.05, 3.63) is 35.2 Å². The fourth-order valence-corrected chi connectivity index (χ4v) is 3.94. The highest BCUT2D eigenvalue weighted by atomic mass is 32.1. The predicted molar refractivity (Wildman–Crippen MR) is 113 cm³/mol. The Morgan fingerprint density at radius 1 is 1.10 bits per heavy atom. The first-order chi connectivity index (χ1) is 13.7. The van der Waals surface area contributed by atoms with E-state index in [0.29, 0.717) is 37.5 Å². The van der Waals surface area contributed by atoms with Gasteiger partial charge in [-0.2, -0.15) is 0 Å². The summed E-state index contributed by atoms with van der Waals surface area (Å²) in [6.07, 6.45) is 0.860. The van der Waals surface area contributed by atoms with Crippen LogP contribution >= 0.6 is 11.3 Å². The number of ether oxygens (including phenoxy) is 3. The van der Waals surface area contributed by atoms with Gasteiger partial charge in [-0.25, -0.2) is 0 Å². The number of hydrogen-bond donors (Lipinski definition) is 0. The summed E-state index contributed by atoms with van der Waals surface area (Å²) < 4.78 is 16.5. The highest BCUT2D eigenvalue weighted by Gasteiger charge is 2.19. The monoisotopic (exact) mass is 417 g/mol. The number of rotatable bonds is 6. The lowest BCUT2D eigenvalue weighted by Gasteiger charge is -2.20. The van der Waals surface area contributed by atoms with Crippen molar-refractivity contribution in [1.29, 1.82) is 0 Å². The molecule has 0 unspecified atom stereocenters. The minimum Gasteiger partial charge on any atom is -0.486 e. The molecule has 1 aliphatic rings. The number of carbonyl (C=O) groups is 2. The van der Waals surface area contributed by atoms with E-state index in [4.69, 9.17) is 14.2 Å². The molecular formula is C22H27NO5S. The largest absolute Gasteiger partial charge is 0.486 e. The van der Waals surface area contributed by atoms with Crippen molar-refractivity contribution in [2.45, 2.75) is 39.2 Å². The van der Waals surface area contributed by atoms with Crippen molar-refractivity contribution in [1.82, 2.24) is 4.90 Å². The minimum absolute atomic E-state index is 0.0528. The molecule has 0 bridgehead atoms. The van der Waals surface area contributed by atoms with E-state index < -0.39 is 5.60 Å². The smallest absolute Gasteiger partial charge is 0.306 e. The van der Waals surface area contributed by atoms with Gasteiger partial charge >= 0.3 is 5.97 Å². The van der Waals surface area contributed by atoms with Gasteiger partial charge in [0.2, 0.25) is 0 Å². The van der Waals surface area contributed by atoms with Gasteiger partial charge in [-0.05, 0) is 63.1 Å². The molecule has 2 aromatic rings. The second-order valence-corrected chi connectivity index (χ2v) is 9.02. The Balaban J connectivity index is 1.57. The number of thiophene rings is 1. The Morgan fingerprint density at radius 3 is 2.55 bits per heavy atom. The summed E-state index contributed by atoms with van der Waals surface area (Å²) in [4.78, 5) is 27.8. The third-order valence-electron chi connectivity index (χ3n) is 4.28. The van der Waals surface area contributed by atoms with Gasteiger partial charge in [-0.3, -0.25) is 9.59 Å². The zero-order valence-corrected chi connectivity index (χ0v) is 18.1. The van der Waals surface area contributed by atoms with Gasteiger partial charge < -0.3 is 19.1 Å². The first-order valence-corrected chi connectivity index (χ1v) is 10.5. The molecule has 7 heteroatoms. The first-order valence-electron chi connectivity index (χ1n) is 9.70. The van der Waals surface area contributed by atoms with E-state index in [1.165, 1.54) is 11.3 Å². The second-order valence-electron chi connectivity index (χ2n) is 7.94. The molecule has 1 aromatic carbocycles. The van der Waals surface area contributed by atoms with Crippen molar-refractivity contribution in [3.63, 3.8) is 0 Å². The maximum absolute atomic E-state index is 12.7. The molecule has 0 spiro atoms. The fraction of sp³-hybridized carbons (Fsp3) is 0.455. The van der Waals surface area contributed by atoms with Crippen LogP contribution in [0.15, 0.2) is 30.3 Å². The van der Waals surface area contributed by atoms with Crippen LogP contribution in [0.4, 0.5) is 0 Å². The van der Waals surface area contributed by atoms with Crippen molar-refractivity contribution in [3.8, 4) is 21.9 Å². The number of hydrogen-bond acceptors (Lipinski definition) is 6. The number of benzene rings is 1. The molecule has 1 amide bonds. The van der Waals surface area contributed by atoms with E-state index in [0.717, 1.165) is 21.9 Å². The van der Waals surface area contributed by atoms with Gasteiger partial charge in [0.15, 0.2) is 11.5 Å². The molecule has 0 saturated carbocycles. The average molecular weight is 418 g/mol. The van der Waals surface area contributed by atoms with Crippen LogP contribution in [0.1, 0.15) is 43.3 Å². The molecule has 29 heavy (non-hydrogen) atoms. The topological polar surface area (TPSA) is 65.1 Å². The summed E-state index contributed by atoms with van der Waals surface area (Å²) in [6.45, 7) is 7.13. The molecule has 6 nitrogen and oxygen atoms in total. The van der Waals surface area contributed by atoms with Gasteiger partial charge in [-0.15, -0.1) is 11.3 Å². The number of amides is 1. The summed E-state index contributed by atoms with van der Waals surface area (Å²) in [5.41, 5.74) is 0.505. The van der Waals surface area contributed by atoms with E-state index in [1.807, 2.05) is 51.1 Å². The molecule has 0 aliphatic carbocycles. The van der Waals surface area contributed by atoms with Crippen molar-refractivity contribution >= 4 is 23.2 Å². The molecule has 0 saturated heterocycles. The molecule has 0 atom stereocenters. The van der Waals surface area contributed by atoms with E-state index in [2.05, 4.69) is 0 Å². The Hall–Kier alpha value is -2.54. The van der Waals surface area contributed by atoms with E-state index >= 15 is 0 Å². The molecule has 1 aromatic heterocycles. The second kappa shape index (κ2) is 8.86. The van der Waals surface area contributed by atoms with Crippen LogP contribution in [-0.4, -0.2) is 49.2 Å².